The van der Waals surface area contributed by atoms with E-state index in [1.807, 2.05) is 0 Å². The Balaban J connectivity index is 2.73. The molecule has 16 heavy (non-hydrogen) atoms. The Morgan fingerprint density at radius 3 is 2.94 bits per heavy atom. The summed E-state index contributed by atoms with van der Waals surface area (Å²) in [4.78, 5) is 21.1. The summed E-state index contributed by atoms with van der Waals surface area (Å²) in [6, 6.07) is 0. The van der Waals surface area contributed by atoms with Gasteiger partial charge in [-0.15, -0.1) is 5.10 Å². The van der Waals surface area contributed by atoms with Crippen LogP contribution in [-0.4, -0.2) is 41.3 Å². The van der Waals surface area contributed by atoms with Crippen LogP contribution in [0.5, 0.6) is 0 Å². The highest BCUT2D eigenvalue weighted by Crippen LogP contribution is 2.24. The molecular weight excluding hydrogens is 240 g/mol. The number of hydrogen-bond donors (Lipinski definition) is 2. The zero-order valence-electron chi connectivity index (χ0n) is 8.32. The lowest BCUT2D eigenvalue weighted by atomic mass is 10.4. The van der Waals surface area contributed by atoms with Crippen molar-refractivity contribution in [3.63, 3.8) is 0 Å². The van der Waals surface area contributed by atoms with Crippen molar-refractivity contribution in [2.45, 2.75) is 0 Å². The fraction of sp³-hybridized carbons (Fsp3) is 0.429. The zero-order valence-corrected chi connectivity index (χ0v) is 9.08. The van der Waals surface area contributed by atoms with E-state index in [0.717, 1.165) is 0 Å². The summed E-state index contributed by atoms with van der Waals surface area (Å²) in [5.41, 5.74) is -0.204. The molecule has 0 radical (unpaired) electrons. The van der Waals surface area contributed by atoms with Crippen LogP contribution in [0.15, 0.2) is 0 Å². The van der Waals surface area contributed by atoms with E-state index in [4.69, 9.17) is 16.3 Å². The van der Waals surface area contributed by atoms with Gasteiger partial charge in [0.25, 0.3) is 5.91 Å². The third-order valence-electron chi connectivity index (χ3n) is 1.68. The molecule has 0 saturated carbocycles. The Bertz CT molecular complexity index is 405. The van der Waals surface area contributed by atoms with Crippen molar-refractivity contribution in [1.82, 2.24) is 15.5 Å². The molecule has 0 fully saturated rings. The Labute approximate surface area is 95.1 Å². The van der Waals surface area contributed by atoms with E-state index in [9.17, 15) is 14.9 Å². The summed E-state index contributed by atoms with van der Waals surface area (Å²) in [7, 11) is 1.48. The van der Waals surface area contributed by atoms with Gasteiger partial charge in [-0.2, -0.15) is 0 Å². The first-order valence-corrected chi connectivity index (χ1v) is 4.61. The van der Waals surface area contributed by atoms with Crippen LogP contribution in [-0.2, 0) is 4.74 Å². The first-order valence-electron chi connectivity index (χ1n) is 4.23. The summed E-state index contributed by atoms with van der Waals surface area (Å²) in [6.07, 6.45) is 0. The van der Waals surface area contributed by atoms with E-state index in [1.54, 1.807) is 0 Å². The van der Waals surface area contributed by atoms with E-state index in [0.29, 0.717) is 6.61 Å². The number of hydrogen-bond acceptors (Lipinski definition) is 5. The molecule has 2 N–H and O–H groups in total. The molecule has 1 rings (SSSR count). The molecule has 1 heterocycles. The maximum atomic E-state index is 11.4. The minimum Gasteiger partial charge on any atom is -0.383 e. The molecule has 0 aliphatic carbocycles. The van der Waals surface area contributed by atoms with Crippen molar-refractivity contribution in [3.8, 4) is 0 Å². The third kappa shape index (κ3) is 2.67. The number of nitrogens with zero attached hydrogens (tertiary/aromatic N) is 2. The Hall–Kier alpha value is -1.67. The van der Waals surface area contributed by atoms with Crippen molar-refractivity contribution < 1.29 is 14.5 Å². The SMILES string of the molecule is COCCNC(=O)c1n[nH]c([N+](=O)[O-])c1Cl. The number of nitrogens with one attached hydrogen (secondary N) is 2. The number of carbonyl (C=O) groups is 1. The summed E-state index contributed by atoms with van der Waals surface area (Å²) in [5, 5.41) is 18.1. The fourth-order valence-corrected chi connectivity index (χ4v) is 1.18. The molecule has 0 aliphatic rings. The Morgan fingerprint density at radius 1 is 1.75 bits per heavy atom. The highest BCUT2D eigenvalue weighted by molar-refractivity contribution is 6.35. The van der Waals surface area contributed by atoms with E-state index in [-0.39, 0.29) is 17.3 Å². The van der Waals surface area contributed by atoms with Crippen molar-refractivity contribution >= 4 is 23.3 Å². The van der Waals surface area contributed by atoms with Crippen molar-refractivity contribution in [2.75, 3.05) is 20.3 Å². The Kier molecular flexibility index (Phi) is 4.20. The molecule has 0 spiro atoms. The van der Waals surface area contributed by atoms with Gasteiger partial charge in [-0.25, -0.2) is 0 Å². The number of nitro groups is 1. The molecule has 0 aromatic carbocycles. The van der Waals surface area contributed by atoms with Gasteiger partial charge >= 0.3 is 5.82 Å². The van der Waals surface area contributed by atoms with Crippen molar-refractivity contribution in [3.05, 3.63) is 20.8 Å². The van der Waals surface area contributed by atoms with E-state index >= 15 is 0 Å². The predicted molar refractivity (Wildman–Crippen MR) is 54.5 cm³/mol. The van der Waals surface area contributed by atoms with E-state index in [1.165, 1.54) is 7.11 Å². The molecule has 1 aromatic heterocycles. The van der Waals surface area contributed by atoms with E-state index in [2.05, 4.69) is 15.5 Å². The monoisotopic (exact) mass is 248 g/mol. The number of methoxy groups -OCH3 is 1. The summed E-state index contributed by atoms with van der Waals surface area (Å²) < 4.78 is 4.72. The number of rotatable bonds is 5. The van der Waals surface area contributed by atoms with Gasteiger partial charge in [0.1, 0.15) is 0 Å². The van der Waals surface area contributed by atoms with Gasteiger partial charge in [0.15, 0.2) is 10.7 Å². The predicted octanol–water partition coefficient (Wildman–Crippen LogP) is 0.348. The maximum absolute atomic E-state index is 11.4. The standard InChI is InChI=1S/C7H9ClN4O4/c1-16-3-2-9-7(13)5-4(8)6(11-10-5)12(14)15/h2-3H2,1H3,(H,9,13)(H,10,11). The second-order valence-corrected chi connectivity index (χ2v) is 3.12. The lowest BCUT2D eigenvalue weighted by Gasteiger charge is -2.00. The second kappa shape index (κ2) is 5.42. The molecule has 9 heteroatoms. The van der Waals surface area contributed by atoms with Gasteiger partial charge in [-0.1, -0.05) is 16.7 Å². The normalized spacial score (nSPS) is 10.1. The molecule has 88 valence electrons. The highest BCUT2D eigenvalue weighted by Gasteiger charge is 2.24. The van der Waals surface area contributed by atoms with Gasteiger partial charge in [0, 0.05) is 13.7 Å². The minimum atomic E-state index is -0.749. The average Bonchev–Trinajstić information content (AvgIpc) is 2.60. The van der Waals surface area contributed by atoms with Crippen LogP contribution < -0.4 is 5.32 Å². The molecule has 0 saturated heterocycles. The van der Waals surface area contributed by atoms with Gasteiger partial charge < -0.3 is 20.2 Å². The molecule has 0 unspecified atom stereocenters. The van der Waals surface area contributed by atoms with Gasteiger partial charge in [0.2, 0.25) is 0 Å². The fourth-order valence-electron chi connectivity index (χ4n) is 0.941. The number of amides is 1. The Morgan fingerprint density at radius 2 is 2.44 bits per heavy atom. The maximum Gasteiger partial charge on any atom is 0.362 e. The number of H-pyrrole nitrogens is 1. The van der Waals surface area contributed by atoms with Crippen molar-refractivity contribution in [1.29, 1.82) is 0 Å². The number of halogens is 1. The molecule has 0 aliphatic heterocycles. The minimum absolute atomic E-state index is 0.204. The number of ether oxygens (including phenoxy) is 1. The van der Waals surface area contributed by atoms with Crippen LogP contribution in [0, 0.1) is 10.1 Å². The number of aromatic nitrogens is 2. The lowest BCUT2D eigenvalue weighted by molar-refractivity contribution is -0.389. The molecule has 8 nitrogen and oxygen atoms in total. The van der Waals surface area contributed by atoms with Crippen LogP contribution in [0.4, 0.5) is 5.82 Å². The quantitative estimate of drug-likeness (QED) is 0.444. The smallest absolute Gasteiger partial charge is 0.362 e. The largest absolute Gasteiger partial charge is 0.383 e. The summed E-state index contributed by atoms with van der Waals surface area (Å²) >= 11 is 5.60. The lowest BCUT2D eigenvalue weighted by Crippen LogP contribution is -2.27. The van der Waals surface area contributed by atoms with Crippen LogP contribution in [0.1, 0.15) is 10.5 Å². The number of aromatic amines is 1. The third-order valence-corrected chi connectivity index (χ3v) is 2.04. The molecular formula is C7H9ClN4O4. The summed E-state index contributed by atoms with van der Waals surface area (Å²) in [5.74, 6) is -1.09. The van der Waals surface area contributed by atoms with Crippen molar-refractivity contribution in [2.24, 2.45) is 0 Å². The van der Waals surface area contributed by atoms with E-state index < -0.39 is 16.6 Å². The highest BCUT2D eigenvalue weighted by atomic mass is 35.5. The topological polar surface area (TPSA) is 110 Å². The average molecular weight is 249 g/mol. The first kappa shape index (κ1) is 12.4. The van der Waals surface area contributed by atoms with Gasteiger partial charge in [0.05, 0.1) is 6.61 Å². The second-order valence-electron chi connectivity index (χ2n) is 2.74. The van der Waals surface area contributed by atoms with Gasteiger partial charge in [-0.05, 0) is 4.92 Å². The molecule has 1 amide bonds. The number of carbonyl (C=O) groups excluding carboxylic acids is 1. The van der Waals surface area contributed by atoms with Crippen LogP contribution in [0.2, 0.25) is 5.02 Å². The van der Waals surface area contributed by atoms with Crippen LogP contribution >= 0.6 is 11.6 Å². The first-order chi connectivity index (χ1) is 7.57. The zero-order chi connectivity index (χ0) is 12.1. The molecule has 0 bridgehead atoms. The van der Waals surface area contributed by atoms with Crippen LogP contribution in [0.25, 0.3) is 0 Å². The molecule has 1 aromatic rings. The molecule has 0 atom stereocenters. The van der Waals surface area contributed by atoms with Crippen LogP contribution in [0.3, 0.4) is 0 Å². The summed E-state index contributed by atoms with van der Waals surface area (Å²) in [6.45, 7) is 0.599. The van der Waals surface area contributed by atoms with Gasteiger partial charge in [-0.3, -0.25) is 4.79 Å².